The molecular formula is C25H28N4O3. The SMILES string of the molecule is CCNC1CCC(C(=O)NC(C#N)Cc2ccc(-c3ccc4oc(=O)n(C)c4c3)cc2)C1. The van der Waals surface area contributed by atoms with Crippen LogP contribution in [-0.4, -0.2) is 29.1 Å². The molecule has 1 aliphatic rings. The van der Waals surface area contributed by atoms with Gasteiger partial charge in [0.05, 0.1) is 11.6 Å². The van der Waals surface area contributed by atoms with Gasteiger partial charge in [-0.2, -0.15) is 5.26 Å². The topological polar surface area (TPSA) is 100 Å². The molecular weight excluding hydrogens is 404 g/mol. The third-order valence-corrected chi connectivity index (χ3v) is 6.29. The number of carbonyl (C=O) groups excluding carboxylic acids is 1. The first-order valence-electron chi connectivity index (χ1n) is 11.1. The molecule has 1 amide bonds. The number of fused-ring (bicyclic) bond motifs is 1. The molecule has 3 aromatic rings. The molecule has 2 aromatic carbocycles. The van der Waals surface area contributed by atoms with Crippen LogP contribution < -0.4 is 16.4 Å². The van der Waals surface area contributed by atoms with Crippen molar-refractivity contribution < 1.29 is 9.21 Å². The van der Waals surface area contributed by atoms with Crippen molar-refractivity contribution in [2.45, 2.75) is 44.7 Å². The predicted octanol–water partition coefficient (Wildman–Crippen LogP) is 3.13. The fourth-order valence-corrected chi connectivity index (χ4v) is 4.49. The number of hydrogen-bond acceptors (Lipinski definition) is 5. The molecule has 1 fully saturated rings. The van der Waals surface area contributed by atoms with Gasteiger partial charge in [-0.1, -0.05) is 37.3 Å². The van der Waals surface area contributed by atoms with Gasteiger partial charge in [0.2, 0.25) is 5.91 Å². The monoisotopic (exact) mass is 432 g/mol. The summed E-state index contributed by atoms with van der Waals surface area (Å²) in [5.74, 6) is -0.425. The zero-order chi connectivity index (χ0) is 22.7. The van der Waals surface area contributed by atoms with E-state index in [0.29, 0.717) is 18.0 Å². The fourth-order valence-electron chi connectivity index (χ4n) is 4.49. The first-order chi connectivity index (χ1) is 15.5. The maximum atomic E-state index is 12.6. The third-order valence-electron chi connectivity index (χ3n) is 6.29. The summed E-state index contributed by atoms with van der Waals surface area (Å²) >= 11 is 0. The maximum absolute atomic E-state index is 12.6. The van der Waals surface area contributed by atoms with Crippen LogP contribution in [0.1, 0.15) is 31.7 Å². The minimum absolute atomic E-state index is 0.0207. The van der Waals surface area contributed by atoms with Gasteiger partial charge in [0.15, 0.2) is 5.58 Å². The summed E-state index contributed by atoms with van der Waals surface area (Å²) in [6.45, 7) is 2.98. The number of carbonyl (C=O) groups is 1. The molecule has 1 heterocycles. The molecule has 7 heteroatoms. The van der Waals surface area contributed by atoms with Crippen LogP contribution in [0.2, 0.25) is 0 Å². The number of oxazole rings is 1. The summed E-state index contributed by atoms with van der Waals surface area (Å²) in [5, 5.41) is 15.9. The Hall–Kier alpha value is -3.37. The molecule has 0 bridgehead atoms. The molecule has 1 aliphatic carbocycles. The van der Waals surface area contributed by atoms with Crippen molar-refractivity contribution in [2.24, 2.45) is 13.0 Å². The van der Waals surface area contributed by atoms with E-state index in [1.807, 2.05) is 36.4 Å². The van der Waals surface area contributed by atoms with E-state index in [4.69, 9.17) is 4.42 Å². The summed E-state index contributed by atoms with van der Waals surface area (Å²) < 4.78 is 6.67. The molecule has 2 N–H and O–H groups in total. The maximum Gasteiger partial charge on any atom is 0.419 e. The summed E-state index contributed by atoms with van der Waals surface area (Å²) in [4.78, 5) is 24.3. The van der Waals surface area contributed by atoms with Crippen LogP contribution in [0.3, 0.4) is 0 Å². The number of rotatable bonds is 7. The highest BCUT2D eigenvalue weighted by molar-refractivity contribution is 5.81. The molecule has 0 saturated heterocycles. The second kappa shape index (κ2) is 9.41. The Morgan fingerprint density at radius 2 is 1.97 bits per heavy atom. The molecule has 1 saturated carbocycles. The van der Waals surface area contributed by atoms with Gasteiger partial charge in [-0.05, 0) is 54.6 Å². The first-order valence-corrected chi connectivity index (χ1v) is 11.1. The van der Waals surface area contributed by atoms with Crippen molar-refractivity contribution in [3.8, 4) is 17.2 Å². The molecule has 32 heavy (non-hydrogen) atoms. The van der Waals surface area contributed by atoms with Gasteiger partial charge in [-0.25, -0.2) is 4.79 Å². The van der Waals surface area contributed by atoms with E-state index in [1.165, 1.54) is 4.57 Å². The zero-order valence-electron chi connectivity index (χ0n) is 18.4. The third kappa shape index (κ3) is 4.61. The second-order valence-electron chi connectivity index (χ2n) is 8.47. The smallest absolute Gasteiger partial charge is 0.408 e. The lowest BCUT2D eigenvalue weighted by Crippen LogP contribution is -2.39. The molecule has 0 radical (unpaired) electrons. The van der Waals surface area contributed by atoms with E-state index in [-0.39, 0.29) is 17.6 Å². The predicted molar refractivity (Wildman–Crippen MR) is 123 cm³/mol. The van der Waals surface area contributed by atoms with Crippen molar-refractivity contribution in [3.63, 3.8) is 0 Å². The highest BCUT2D eigenvalue weighted by atomic mass is 16.4. The van der Waals surface area contributed by atoms with Gasteiger partial charge in [-0.15, -0.1) is 0 Å². The summed E-state index contributed by atoms with van der Waals surface area (Å²) in [7, 11) is 1.68. The normalized spacial score (nSPS) is 19.0. The molecule has 1 aromatic heterocycles. The second-order valence-corrected chi connectivity index (χ2v) is 8.47. The van der Waals surface area contributed by atoms with E-state index in [1.54, 1.807) is 13.1 Å². The fraction of sp³-hybridized carbons (Fsp3) is 0.400. The molecule has 166 valence electrons. The van der Waals surface area contributed by atoms with Gasteiger partial charge in [0, 0.05) is 25.4 Å². The molecule has 0 aliphatic heterocycles. The van der Waals surface area contributed by atoms with E-state index >= 15 is 0 Å². The van der Waals surface area contributed by atoms with Gasteiger partial charge in [0.25, 0.3) is 0 Å². The van der Waals surface area contributed by atoms with Gasteiger partial charge >= 0.3 is 5.76 Å². The van der Waals surface area contributed by atoms with Crippen molar-refractivity contribution in [3.05, 3.63) is 58.6 Å². The first kappa shape index (κ1) is 21.8. The average Bonchev–Trinajstić information content (AvgIpc) is 3.38. The molecule has 3 atom stereocenters. The van der Waals surface area contributed by atoms with E-state index in [0.717, 1.165) is 48.0 Å². The van der Waals surface area contributed by atoms with Gasteiger partial charge in [0.1, 0.15) is 6.04 Å². The number of hydrogen-bond donors (Lipinski definition) is 2. The lowest BCUT2D eigenvalue weighted by molar-refractivity contribution is -0.125. The Morgan fingerprint density at radius 3 is 2.69 bits per heavy atom. The van der Waals surface area contributed by atoms with Crippen LogP contribution in [-0.2, 0) is 18.3 Å². The lowest BCUT2D eigenvalue weighted by atomic mass is 10.00. The number of nitriles is 1. The number of amides is 1. The Bertz CT molecular complexity index is 1200. The van der Waals surface area contributed by atoms with Crippen molar-refractivity contribution in [1.82, 2.24) is 15.2 Å². The largest absolute Gasteiger partial charge is 0.419 e. The molecule has 0 spiro atoms. The quantitative estimate of drug-likeness (QED) is 0.598. The molecule has 4 rings (SSSR count). The van der Waals surface area contributed by atoms with E-state index in [2.05, 4.69) is 23.6 Å². The van der Waals surface area contributed by atoms with Crippen LogP contribution in [0.25, 0.3) is 22.2 Å². The molecule has 7 nitrogen and oxygen atoms in total. The van der Waals surface area contributed by atoms with E-state index < -0.39 is 6.04 Å². The number of aryl methyl sites for hydroxylation is 1. The number of benzene rings is 2. The van der Waals surface area contributed by atoms with Crippen LogP contribution in [0.15, 0.2) is 51.7 Å². The molecule has 3 unspecified atom stereocenters. The van der Waals surface area contributed by atoms with Gasteiger partial charge in [-0.3, -0.25) is 9.36 Å². The van der Waals surface area contributed by atoms with Crippen LogP contribution in [0, 0.1) is 17.2 Å². The van der Waals surface area contributed by atoms with Crippen molar-refractivity contribution in [1.29, 1.82) is 5.26 Å². The lowest BCUT2D eigenvalue weighted by Gasteiger charge is -2.16. The summed E-state index contributed by atoms with van der Waals surface area (Å²) in [5.41, 5.74) is 4.26. The summed E-state index contributed by atoms with van der Waals surface area (Å²) in [6.07, 6.45) is 3.16. The Kier molecular flexibility index (Phi) is 6.42. The Balaban J connectivity index is 1.40. The minimum atomic E-state index is -0.552. The average molecular weight is 433 g/mol. The Morgan fingerprint density at radius 1 is 1.22 bits per heavy atom. The number of nitrogens with one attached hydrogen (secondary N) is 2. The van der Waals surface area contributed by atoms with Crippen LogP contribution in [0.4, 0.5) is 0 Å². The van der Waals surface area contributed by atoms with Crippen LogP contribution in [0.5, 0.6) is 0 Å². The Labute approximate surface area is 187 Å². The highest BCUT2D eigenvalue weighted by Gasteiger charge is 2.30. The van der Waals surface area contributed by atoms with Crippen molar-refractivity contribution >= 4 is 17.0 Å². The zero-order valence-corrected chi connectivity index (χ0v) is 18.4. The minimum Gasteiger partial charge on any atom is -0.408 e. The van der Waals surface area contributed by atoms with Crippen LogP contribution >= 0.6 is 0 Å². The van der Waals surface area contributed by atoms with Gasteiger partial charge < -0.3 is 15.1 Å². The highest BCUT2D eigenvalue weighted by Crippen LogP contribution is 2.26. The van der Waals surface area contributed by atoms with E-state index in [9.17, 15) is 14.9 Å². The van der Waals surface area contributed by atoms with Crippen molar-refractivity contribution in [2.75, 3.05) is 6.54 Å². The standard InChI is InChI=1S/C25H28N4O3/c1-3-27-20-10-8-19(13-20)24(30)28-21(15-26)12-16-4-6-17(7-5-16)18-9-11-23-22(14-18)29(2)25(31)32-23/h4-7,9,11,14,19-21,27H,3,8,10,12-13H2,1-2H3,(H,28,30). The summed E-state index contributed by atoms with van der Waals surface area (Å²) in [6, 6.07) is 15.6. The number of nitrogens with zero attached hydrogens (tertiary/aromatic N) is 2. The number of aromatic nitrogens is 1.